The molecule has 0 radical (unpaired) electrons. The number of pyridine rings is 1. The lowest BCUT2D eigenvalue weighted by Crippen LogP contribution is -2.46. The molecule has 0 spiro atoms. The molecule has 4 aromatic rings. The smallest absolute Gasteiger partial charge is 0.368 e. The van der Waals surface area contributed by atoms with Crippen LogP contribution in [0.3, 0.4) is 0 Å². The fraction of sp³-hybridized carbons (Fsp3) is 0.125. The SMILES string of the molecule is NC(=O)[C@@H](Cc1ccccc1C(F)(F)F)NC(=O)c1c2ccccc2nc2ccccc12. The minimum atomic E-state index is -4.60. The molecule has 2 amide bonds. The normalized spacial score (nSPS) is 12.6. The maximum Gasteiger partial charge on any atom is 0.416 e. The average Bonchev–Trinajstić information content (AvgIpc) is 2.76. The van der Waals surface area contributed by atoms with Crippen LogP contribution in [0.25, 0.3) is 21.8 Å². The number of carbonyl (C=O) groups is 2. The van der Waals surface area contributed by atoms with Crippen molar-refractivity contribution in [2.75, 3.05) is 0 Å². The van der Waals surface area contributed by atoms with Crippen molar-refractivity contribution in [1.29, 1.82) is 0 Å². The van der Waals surface area contributed by atoms with Gasteiger partial charge in [0.25, 0.3) is 5.91 Å². The number of primary amides is 1. The highest BCUT2D eigenvalue weighted by Crippen LogP contribution is 2.32. The van der Waals surface area contributed by atoms with Crippen molar-refractivity contribution in [3.05, 3.63) is 89.5 Å². The van der Waals surface area contributed by atoms with Gasteiger partial charge < -0.3 is 11.1 Å². The van der Waals surface area contributed by atoms with Gasteiger partial charge in [0.05, 0.1) is 22.2 Å². The van der Waals surface area contributed by atoms with Crippen molar-refractivity contribution in [2.45, 2.75) is 18.6 Å². The van der Waals surface area contributed by atoms with E-state index in [4.69, 9.17) is 5.73 Å². The third-order valence-corrected chi connectivity index (χ3v) is 5.21. The fourth-order valence-corrected chi connectivity index (χ4v) is 3.73. The van der Waals surface area contributed by atoms with Gasteiger partial charge in [0.2, 0.25) is 5.91 Å². The number of nitrogens with one attached hydrogen (secondary N) is 1. The molecule has 0 aliphatic carbocycles. The predicted octanol–water partition coefficient (Wildman–Crippen LogP) is 4.23. The van der Waals surface area contributed by atoms with E-state index in [0.717, 1.165) is 6.07 Å². The Labute approximate surface area is 181 Å². The van der Waals surface area contributed by atoms with Crippen LogP contribution in [-0.2, 0) is 17.4 Å². The van der Waals surface area contributed by atoms with Gasteiger partial charge in [-0.15, -0.1) is 0 Å². The molecule has 0 unspecified atom stereocenters. The number of nitrogens with two attached hydrogens (primary N) is 1. The number of halogens is 3. The van der Waals surface area contributed by atoms with Crippen LogP contribution in [0.1, 0.15) is 21.5 Å². The molecular formula is C24H18F3N3O2. The molecule has 1 atom stereocenters. The maximum absolute atomic E-state index is 13.4. The molecule has 3 N–H and O–H groups in total. The Balaban J connectivity index is 1.74. The quantitative estimate of drug-likeness (QED) is 0.458. The number of carbonyl (C=O) groups excluding carboxylic acids is 2. The molecule has 1 aromatic heterocycles. The van der Waals surface area contributed by atoms with Gasteiger partial charge in [0.15, 0.2) is 0 Å². The van der Waals surface area contributed by atoms with Gasteiger partial charge in [-0.3, -0.25) is 9.59 Å². The van der Waals surface area contributed by atoms with E-state index in [2.05, 4.69) is 10.3 Å². The van der Waals surface area contributed by atoms with Crippen molar-refractivity contribution in [3.8, 4) is 0 Å². The van der Waals surface area contributed by atoms with E-state index in [1.54, 1.807) is 48.5 Å². The number of aromatic nitrogens is 1. The predicted molar refractivity (Wildman–Crippen MR) is 115 cm³/mol. The second kappa shape index (κ2) is 8.30. The van der Waals surface area contributed by atoms with Crippen LogP contribution in [-0.4, -0.2) is 22.8 Å². The van der Waals surface area contributed by atoms with Crippen molar-refractivity contribution >= 4 is 33.6 Å². The van der Waals surface area contributed by atoms with Crippen molar-refractivity contribution < 1.29 is 22.8 Å². The molecule has 5 nitrogen and oxygen atoms in total. The summed E-state index contributed by atoms with van der Waals surface area (Å²) in [7, 11) is 0. The molecule has 0 fully saturated rings. The number of alkyl halides is 3. The molecule has 1 heterocycles. The monoisotopic (exact) mass is 437 g/mol. The Morgan fingerprint density at radius 2 is 1.41 bits per heavy atom. The number of para-hydroxylation sites is 2. The molecule has 0 saturated heterocycles. The summed E-state index contributed by atoms with van der Waals surface area (Å²) in [5.41, 5.74) is 5.88. The van der Waals surface area contributed by atoms with Crippen LogP contribution >= 0.6 is 0 Å². The molecule has 162 valence electrons. The third kappa shape index (κ3) is 4.12. The van der Waals surface area contributed by atoms with E-state index >= 15 is 0 Å². The highest BCUT2D eigenvalue weighted by Gasteiger charge is 2.34. The molecule has 8 heteroatoms. The molecule has 0 bridgehead atoms. The first kappa shape index (κ1) is 21.3. The number of hydrogen-bond donors (Lipinski definition) is 2. The maximum atomic E-state index is 13.4. The van der Waals surface area contributed by atoms with Gasteiger partial charge in [-0.05, 0) is 23.8 Å². The molecule has 4 rings (SSSR count). The van der Waals surface area contributed by atoms with Crippen molar-refractivity contribution in [2.24, 2.45) is 5.73 Å². The second-order valence-electron chi connectivity index (χ2n) is 7.31. The molecule has 0 saturated carbocycles. The topological polar surface area (TPSA) is 85.1 Å². The molecule has 32 heavy (non-hydrogen) atoms. The summed E-state index contributed by atoms with van der Waals surface area (Å²) in [6, 6.07) is 17.6. The third-order valence-electron chi connectivity index (χ3n) is 5.21. The summed E-state index contributed by atoms with van der Waals surface area (Å²) < 4.78 is 40.1. The number of hydrogen-bond acceptors (Lipinski definition) is 3. The lowest BCUT2D eigenvalue weighted by atomic mass is 9.98. The zero-order valence-electron chi connectivity index (χ0n) is 16.7. The van der Waals surface area contributed by atoms with E-state index in [1.165, 1.54) is 18.2 Å². The lowest BCUT2D eigenvalue weighted by molar-refractivity contribution is -0.138. The Morgan fingerprint density at radius 1 is 0.875 bits per heavy atom. The first-order valence-electron chi connectivity index (χ1n) is 9.78. The largest absolute Gasteiger partial charge is 0.416 e. The van der Waals surface area contributed by atoms with Crippen LogP contribution < -0.4 is 11.1 Å². The highest BCUT2D eigenvalue weighted by atomic mass is 19.4. The minimum absolute atomic E-state index is 0.131. The van der Waals surface area contributed by atoms with E-state index in [0.29, 0.717) is 21.8 Å². The van der Waals surface area contributed by atoms with Gasteiger partial charge >= 0.3 is 6.18 Å². The number of nitrogens with zero attached hydrogens (tertiary/aromatic N) is 1. The summed E-state index contributed by atoms with van der Waals surface area (Å²) in [6.45, 7) is 0. The zero-order chi connectivity index (χ0) is 22.9. The second-order valence-corrected chi connectivity index (χ2v) is 7.31. The van der Waals surface area contributed by atoms with Crippen LogP contribution in [0.15, 0.2) is 72.8 Å². The van der Waals surface area contributed by atoms with E-state index in [-0.39, 0.29) is 11.1 Å². The van der Waals surface area contributed by atoms with Gasteiger partial charge in [-0.2, -0.15) is 13.2 Å². The zero-order valence-corrected chi connectivity index (χ0v) is 16.7. The Morgan fingerprint density at radius 3 is 1.97 bits per heavy atom. The number of amides is 2. The standard InChI is InChI=1S/C24H18F3N3O2/c25-24(26,27)17-10-4-1-7-14(17)13-20(22(28)31)30-23(32)21-15-8-2-5-11-18(15)29-19-12-6-3-9-16(19)21/h1-12,20H,13H2,(H2,28,31)(H,30,32)/t20-/m1/s1. The van der Waals surface area contributed by atoms with Crippen LogP contribution in [0.5, 0.6) is 0 Å². The van der Waals surface area contributed by atoms with Crippen LogP contribution in [0, 0.1) is 0 Å². The first-order chi connectivity index (χ1) is 15.3. The van der Waals surface area contributed by atoms with Crippen LogP contribution in [0.4, 0.5) is 13.2 Å². The molecular weight excluding hydrogens is 419 g/mol. The van der Waals surface area contributed by atoms with E-state index < -0.39 is 36.0 Å². The fourth-order valence-electron chi connectivity index (χ4n) is 3.73. The van der Waals surface area contributed by atoms with Crippen molar-refractivity contribution in [3.63, 3.8) is 0 Å². The number of benzene rings is 3. The summed E-state index contributed by atoms with van der Waals surface area (Å²) in [4.78, 5) is 29.9. The summed E-state index contributed by atoms with van der Waals surface area (Å²) >= 11 is 0. The Bertz CT molecular complexity index is 1280. The first-order valence-corrected chi connectivity index (χ1v) is 9.78. The summed E-state index contributed by atoms with van der Waals surface area (Å²) in [5, 5.41) is 3.65. The van der Waals surface area contributed by atoms with Gasteiger partial charge in [0, 0.05) is 17.2 Å². The average molecular weight is 437 g/mol. The van der Waals surface area contributed by atoms with Gasteiger partial charge in [0.1, 0.15) is 6.04 Å². The van der Waals surface area contributed by atoms with Crippen LogP contribution in [0.2, 0.25) is 0 Å². The van der Waals surface area contributed by atoms with Crippen molar-refractivity contribution in [1.82, 2.24) is 10.3 Å². The molecule has 0 aliphatic heterocycles. The van der Waals surface area contributed by atoms with Gasteiger partial charge in [-0.1, -0.05) is 54.6 Å². The minimum Gasteiger partial charge on any atom is -0.368 e. The number of rotatable bonds is 5. The van der Waals surface area contributed by atoms with Gasteiger partial charge in [-0.25, -0.2) is 4.98 Å². The highest BCUT2D eigenvalue weighted by molar-refractivity contribution is 6.16. The summed E-state index contributed by atoms with van der Waals surface area (Å²) in [5.74, 6) is -1.55. The van der Waals surface area contributed by atoms with E-state index in [1.807, 2.05) is 0 Å². The molecule has 0 aliphatic rings. The lowest BCUT2D eigenvalue weighted by Gasteiger charge is -2.19. The Kier molecular flexibility index (Phi) is 5.52. The van der Waals surface area contributed by atoms with E-state index in [9.17, 15) is 22.8 Å². The summed E-state index contributed by atoms with van der Waals surface area (Å²) in [6.07, 6.45) is -4.99. The number of fused-ring (bicyclic) bond motifs is 2. The Hall–Kier alpha value is -3.94. The molecule has 3 aromatic carbocycles.